The molecule has 0 unspecified atom stereocenters. The molecule has 0 aliphatic heterocycles. The molecule has 0 amide bonds. The Labute approximate surface area is 151 Å². The van der Waals surface area contributed by atoms with Gasteiger partial charge in [0.05, 0.1) is 26.9 Å². The SMILES string of the molecule is CN(C)c1ccc(/[N+]([O-])=C/c2c([N+](=O)[O-])cc([N+](=O)[O-])cc2[N+](=O)[O-])cc1. The molecule has 140 valence electrons. The van der Waals surface area contributed by atoms with E-state index in [2.05, 4.69) is 0 Å². The molecular formula is C15H13N5O7. The van der Waals surface area contributed by atoms with Gasteiger partial charge in [-0.3, -0.25) is 30.3 Å². The van der Waals surface area contributed by atoms with Gasteiger partial charge in [0.2, 0.25) is 11.9 Å². The number of nitro groups is 3. The molecule has 27 heavy (non-hydrogen) atoms. The summed E-state index contributed by atoms with van der Waals surface area (Å²) in [7, 11) is 3.58. The first kappa shape index (κ1) is 19.2. The molecule has 2 aromatic carbocycles. The smallest absolute Gasteiger partial charge is 0.296 e. The molecule has 12 nitrogen and oxygen atoms in total. The minimum atomic E-state index is -1.02. The molecule has 0 aromatic heterocycles. The fraction of sp³-hybridized carbons (Fsp3) is 0.133. The Morgan fingerprint density at radius 1 is 0.778 bits per heavy atom. The van der Waals surface area contributed by atoms with Gasteiger partial charge < -0.3 is 10.1 Å². The Kier molecular flexibility index (Phi) is 5.29. The van der Waals surface area contributed by atoms with Crippen molar-refractivity contribution in [3.8, 4) is 0 Å². The number of non-ortho nitro benzene ring substituents is 1. The van der Waals surface area contributed by atoms with E-state index in [-0.39, 0.29) is 10.4 Å². The van der Waals surface area contributed by atoms with Gasteiger partial charge >= 0.3 is 0 Å². The first-order valence-corrected chi connectivity index (χ1v) is 7.31. The Morgan fingerprint density at radius 3 is 1.63 bits per heavy atom. The van der Waals surface area contributed by atoms with Crippen LogP contribution in [0.5, 0.6) is 0 Å². The van der Waals surface area contributed by atoms with Gasteiger partial charge in [0.1, 0.15) is 0 Å². The summed E-state index contributed by atoms with van der Waals surface area (Å²) in [5, 5.41) is 45.6. The van der Waals surface area contributed by atoms with Gasteiger partial charge in [0, 0.05) is 31.9 Å². The summed E-state index contributed by atoms with van der Waals surface area (Å²) in [5.74, 6) is 0. The fourth-order valence-electron chi connectivity index (χ4n) is 2.24. The van der Waals surface area contributed by atoms with Crippen LogP contribution in [0.3, 0.4) is 0 Å². The van der Waals surface area contributed by atoms with E-state index in [1.165, 1.54) is 12.1 Å². The summed E-state index contributed by atoms with van der Waals surface area (Å²) in [6.07, 6.45) is 0.657. The quantitative estimate of drug-likeness (QED) is 0.245. The third-order valence-electron chi connectivity index (χ3n) is 3.59. The van der Waals surface area contributed by atoms with Gasteiger partial charge in [-0.05, 0) is 12.1 Å². The van der Waals surface area contributed by atoms with E-state index in [9.17, 15) is 35.6 Å². The van der Waals surface area contributed by atoms with Crippen LogP contribution in [0.15, 0.2) is 36.4 Å². The highest BCUT2D eigenvalue weighted by Gasteiger charge is 2.31. The predicted molar refractivity (Wildman–Crippen MR) is 95.6 cm³/mol. The van der Waals surface area contributed by atoms with Crippen LogP contribution >= 0.6 is 0 Å². The van der Waals surface area contributed by atoms with Gasteiger partial charge in [0.25, 0.3) is 17.1 Å². The molecule has 0 heterocycles. The van der Waals surface area contributed by atoms with E-state index in [1.807, 2.05) is 0 Å². The number of hydrogen-bond donors (Lipinski definition) is 0. The third kappa shape index (κ3) is 4.12. The van der Waals surface area contributed by atoms with Crippen LogP contribution in [-0.4, -0.2) is 39.8 Å². The Morgan fingerprint density at radius 2 is 1.26 bits per heavy atom. The molecule has 0 spiro atoms. The molecule has 0 bridgehead atoms. The standard InChI is InChI=1S/C15H13N5O7/c1-16(2)10-3-5-11(6-4-10)17(21)9-13-14(19(24)25)7-12(18(22)23)8-15(13)20(26)27/h3-9H,1-2H3/b17-9-. The van der Waals surface area contributed by atoms with Crippen LogP contribution in [-0.2, 0) is 0 Å². The van der Waals surface area contributed by atoms with E-state index in [0.29, 0.717) is 18.3 Å². The number of hydrogen-bond acceptors (Lipinski definition) is 8. The number of benzene rings is 2. The highest BCUT2D eigenvalue weighted by molar-refractivity contribution is 5.90. The van der Waals surface area contributed by atoms with Crippen molar-refractivity contribution >= 4 is 34.7 Å². The molecule has 0 fully saturated rings. The molecule has 0 aliphatic rings. The average molecular weight is 375 g/mol. The molecule has 0 N–H and O–H groups in total. The van der Waals surface area contributed by atoms with E-state index in [1.54, 1.807) is 31.1 Å². The summed E-state index contributed by atoms with van der Waals surface area (Å²) in [5.41, 5.74) is -2.43. The van der Waals surface area contributed by atoms with Crippen molar-refractivity contribution < 1.29 is 19.5 Å². The molecule has 0 saturated carbocycles. The van der Waals surface area contributed by atoms with Crippen molar-refractivity contribution in [2.24, 2.45) is 0 Å². The Hall–Kier alpha value is -4.09. The van der Waals surface area contributed by atoms with Crippen molar-refractivity contribution in [2.75, 3.05) is 19.0 Å². The Bertz CT molecular complexity index is 919. The summed E-state index contributed by atoms with van der Waals surface area (Å²) in [6, 6.07) is 7.24. The van der Waals surface area contributed by atoms with Crippen LogP contribution in [0.25, 0.3) is 0 Å². The first-order valence-electron chi connectivity index (χ1n) is 7.31. The van der Waals surface area contributed by atoms with E-state index >= 15 is 0 Å². The van der Waals surface area contributed by atoms with E-state index in [0.717, 1.165) is 5.69 Å². The van der Waals surface area contributed by atoms with Crippen molar-refractivity contribution in [1.82, 2.24) is 0 Å². The largest absolute Gasteiger partial charge is 0.618 e. The summed E-state index contributed by atoms with van der Waals surface area (Å²) in [4.78, 5) is 32.1. The highest BCUT2D eigenvalue weighted by Crippen LogP contribution is 2.32. The maximum atomic E-state index is 12.3. The van der Waals surface area contributed by atoms with Gasteiger partial charge in [-0.1, -0.05) is 0 Å². The zero-order valence-corrected chi connectivity index (χ0v) is 14.1. The van der Waals surface area contributed by atoms with E-state index in [4.69, 9.17) is 0 Å². The summed E-state index contributed by atoms with van der Waals surface area (Å²) in [6.45, 7) is 0. The van der Waals surface area contributed by atoms with Crippen LogP contribution in [0.2, 0.25) is 0 Å². The van der Waals surface area contributed by atoms with Crippen molar-refractivity contribution in [3.05, 3.63) is 77.5 Å². The lowest BCUT2D eigenvalue weighted by Gasteiger charge is -2.12. The molecule has 0 atom stereocenters. The molecule has 0 aliphatic carbocycles. The lowest BCUT2D eigenvalue weighted by Crippen LogP contribution is -2.09. The predicted octanol–water partition coefficient (Wildman–Crippen LogP) is 2.74. The zero-order chi connectivity index (χ0) is 20.3. The fourth-order valence-corrected chi connectivity index (χ4v) is 2.24. The van der Waals surface area contributed by atoms with Crippen LogP contribution in [0.1, 0.15) is 5.56 Å². The molecule has 0 radical (unpaired) electrons. The lowest BCUT2D eigenvalue weighted by molar-refractivity contribution is -0.404. The maximum Gasteiger partial charge on any atom is 0.296 e. The minimum Gasteiger partial charge on any atom is -0.618 e. The number of nitrogens with zero attached hydrogens (tertiary/aromatic N) is 5. The molecular weight excluding hydrogens is 362 g/mol. The normalized spacial score (nSPS) is 11.1. The van der Waals surface area contributed by atoms with Crippen LogP contribution in [0, 0.1) is 35.6 Å². The summed E-state index contributed by atoms with van der Waals surface area (Å²) < 4.78 is 0.223. The first-order chi connectivity index (χ1) is 12.6. The topological polar surface area (TPSA) is 159 Å². The molecule has 2 aromatic rings. The average Bonchev–Trinajstić information content (AvgIpc) is 2.61. The van der Waals surface area contributed by atoms with Crippen LogP contribution < -0.4 is 4.90 Å². The van der Waals surface area contributed by atoms with Gasteiger partial charge in [-0.15, -0.1) is 0 Å². The van der Waals surface area contributed by atoms with Crippen molar-refractivity contribution in [3.63, 3.8) is 0 Å². The Balaban J connectivity index is 2.64. The second-order valence-electron chi connectivity index (χ2n) is 5.53. The second kappa shape index (κ2) is 7.43. The van der Waals surface area contributed by atoms with Gasteiger partial charge in [-0.2, -0.15) is 4.74 Å². The molecule has 0 saturated heterocycles. The van der Waals surface area contributed by atoms with E-state index < -0.39 is 37.4 Å². The maximum absolute atomic E-state index is 12.3. The molecule has 12 heteroatoms. The van der Waals surface area contributed by atoms with Crippen LogP contribution in [0.4, 0.5) is 28.4 Å². The lowest BCUT2D eigenvalue weighted by atomic mass is 10.1. The zero-order valence-electron chi connectivity index (χ0n) is 14.1. The monoisotopic (exact) mass is 375 g/mol. The van der Waals surface area contributed by atoms with Crippen molar-refractivity contribution in [1.29, 1.82) is 0 Å². The number of anilines is 1. The number of rotatable bonds is 6. The third-order valence-corrected chi connectivity index (χ3v) is 3.59. The second-order valence-corrected chi connectivity index (χ2v) is 5.53. The van der Waals surface area contributed by atoms with Gasteiger partial charge in [0.15, 0.2) is 5.56 Å². The summed E-state index contributed by atoms with van der Waals surface area (Å²) >= 11 is 0. The van der Waals surface area contributed by atoms with Crippen molar-refractivity contribution in [2.45, 2.75) is 0 Å². The minimum absolute atomic E-state index is 0.0718. The van der Waals surface area contributed by atoms with Gasteiger partial charge in [-0.25, -0.2) is 0 Å². The highest BCUT2D eigenvalue weighted by atomic mass is 16.6. The molecule has 2 rings (SSSR count). The number of nitro benzene ring substituents is 3.